The summed E-state index contributed by atoms with van der Waals surface area (Å²) in [5, 5.41) is 0. The van der Waals surface area contributed by atoms with Crippen molar-refractivity contribution in [1.82, 2.24) is 4.90 Å². The Bertz CT molecular complexity index is 1180. The average molecular weight is 421 g/mol. The molecule has 3 aromatic rings. The molecule has 1 atom stereocenters. The normalized spacial score (nSPS) is 14.3. The first-order valence-corrected chi connectivity index (χ1v) is 11.4. The van der Waals surface area contributed by atoms with Gasteiger partial charge in [0.25, 0.3) is 15.9 Å². The van der Waals surface area contributed by atoms with Gasteiger partial charge in [0.05, 0.1) is 16.6 Å². The summed E-state index contributed by atoms with van der Waals surface area (Å²) in [7, 11) is -2.01. The monoisotopic (exact) mass is 420 g/mol. The van der Waals surface area contributed by atoms with E-state index >= 15 is 0 Å². The van der Waals surface area contributed by atoms with Gasteiger partial charge in [-0.25, -0.2) is 8.42 Å². The number of nitrogens with zero attached hydrogens (tertiary/aromatic N) is 2. The van der Waals surface area contributed by atoms with Gasteiger partial charge >= 0.3 is 0 Å². The summed E-state index contributed by atoms with van der Waals surface area (Å²) in [6, 6.07) is 23.5. The Kier molecular flexibility index (Phi) is 5.35. The predicted molar refractivity (Wildman–Crippen MR) is 118 cm³/mol. The molecule has 0 aliphatic carbocycles. The molecule has 1 aliphatic heterocycles. The van der Waals surface area contributed by atoms with Gasteiger partial charge < -0.3 is 4.90 Å². The number of hydrogen-bond donors (Lipinski definition) is 0. The van der Waals surface area contributed by atoms with E-state index in [-0.39, 0.29) is 16.8 Å². The van der Waals surface area contributed by atoms with Crippen molar-refractivity contribution >= 4 is 21.6 Å². The summed E-state index contributed by atoms with van der Waals surface area (Å²) in [6.07, 6.45) is 0.686. The van der Waals surface area contributed by atoms with Crippen LogP contribution >= 0.6 is 0 Å². The van der Waals surface area contributed by atoms with Gasteiger partial charge in [-0.2, -0.15) is 0 Å². The third-order valence-electron chi connectivity index (χ3n) is 5.70. The minimum atomic E-state index is -3.74. The lowest BCUT2D eigenvalue weighted by atomic mass is 10.1. The van der Waals surface area contributed by atoms with Gasteiger partial charge in [-0.3, -0.25) is 9.10 Å². The van der Waals surface area contributed by atoms with E-state index in [0.717, 1.165) is 11.1 Å². The summed E-state index contributed by atoms with van der Waals surface area (Å²) in [5.41, 5.74) is 3.11. The van der Waals surface area contributed by atoms with Crippen molar-refractivity contribution in [2.75, 3.05) is 17.9 Å². The summed E-state index contributed by atoms with van der Waals surface area (Å²) < 4.78 is 28.0. The average Bonchev–Trinajstić information content (AvgIpc) is 3.23. The molecule has 3 aromatic carbocycles. The minimum Gasteiger partial charge on any atom is -0.335 e. The molecule has 1 amide bonds. The highest BCUT2D eigenvalue weighted by molar-refractivity contribution is 7.92. The van der Waals surface area contributed by atoms with Gasteiger partial charge in [-0.1, -0.05) is 54.6 Å². The molecule has 1 aliphatic rings. The topological polar surface area (TPSA) is 57.7 Å². The van der Waals surface area contributed by atoms with Crippen molar-refractivity contribution in [3.05, 3.63) is 95.6 Å². The van der Waals surface area contributed by atoms with Crippen LogP contribution in [0.2, 0.25) is 0 Å². The zero-order valence-electron chi connectivity index (χ0n) is 17.0. The van der Waals surface area contributed by atoms with E-state index in [1.807, 2.05) is 61.5 Å². The van der Waals surface area contributed by atoms with E-state index < -0.39 is 10.0 Å². The zero-order valence-corrected chi connectivity index (χ0v) is 17.8. The van der Waals surface area contributed by atoms with E-state index in [1.165, 1.54) is 10.4 Å². The number of carbonyl (C=O) groups is 1. The van der Waals surface area contributed by atoms with Gasteiger partial charge in [0.2, 0.25) is 0 Å². The molecule has 5 nitrogen and oxygen atoms in total. The van der Waals surface area contributed by atoms with Crippen LogP contribution in [0.25, 0.3) is 0 Å². The van der Waals surface area contributed by atoms with Crippen LogP contribution in [-0.2, 0) is 16.4 Å². The lowest BCUT2D eigenvalue weighted by molar-refractivity contribution is 0.0742. The molecule has 0 bridgehead atoms. The highest BCUT2D eigenvalue weighted by Gasteiger charge is 2.31. The van der Waals surface area contributed by atoms with Crippen LogP contribution < -0.4 is 4.31 Å². The second-order valence-electron chi connectivity index (χ2n) is 7.49. The maximum Gasteiger partial charge on any atom is 0.264 e. The molecular formula is C24H24N2O3S. The molecule has 0 aromatic heterocycles. The number of para-hydroxylation sites is 1. The third-order valence-corrected chi connectivity index (χ3v) is 7.51. The maximum atomic E-state index is 13.3. The molecule has 6 heteroatoms. The number of anilines is 1. The molecule has 4 rings (SSSR count). The van der Waals surface area contributed by atoms with Crippen molar-refractivity contribution in [2.24, 2.45) is 0 Å². The Morgan fingerprint density at radius 2 is 1.67 bits per heavy atom. The summed E-state index contributed by atoms with van der Waals surface area (Å²) >= 11 is 0. The van der Waals surface area contributed by atoms with Crippen molar-refractivity contribution in [3.63, 3.8) is 0 Å². The van der Waals surface area contributed by atoms with Crippen molar-refractivity contribution in [1.29, 1.82) is 0 Å². The Morgan fingerprint density at radius 1 is 0.967 bits per heavy atom. The highest BCUT2D eigenvalue weighted by atomic mass is 32.2. The molecular weight excluding hydrogens is 396 g/mol. The molecule has 0 unspecified atom stereocenters. The first-order valence-electron chi connectivity index (χ1n) is 9.92. The first-order chi connectivity index (χ1) is 14.4. The van der Waals surface area contributed by atoms with Crippen LogP contribution in [0.15, 0.2) is 83.8 Å². The molecule has 30 heavy (non-hydrogen) atoms. The first kappa shape index (κ1) is 20.2. The van der Waals surface area contributed by atoms with Gasteiger partial charge in [0.1, 0.15) is 0 Å². The number of sulfonamides is 1. The predicted octanol–water partition coefficient (Wildman–Crippen LogP) is 4.27. The van der Waals surface area contributed by atoms with Crippen LogP contribution in [0, 0.1) is 0 Å². The highest BCUT2D eigenvalue weighted by Crippen LogP contribution is 2.33. The van der Waals surface area contributed by atoms with Crippen LogP contribution in [-0.4, -0.2) is 32.8 Å². The van der Waals surface area contributed by atoms with Crippen LogP contribution in [0.5, 0.6) is 0 Å². The minimum absolute atomic E-state index is 0.130. The third kappa shape index (κ3) is 3.59. The molecule has 0 N–H and O–H groups in total. The quantitative estimate of drug-likeness (QED) is 0.619. The van der Waals surface area contributed by atoms with E-state index in [9.17, 15) is 13.2 Å². The Hall–Kier alpha value is -3.12. The number of rotatable bonds is 5. The molecule has 0 saturated carbocycles. The van der Waals surface area contributed by atoms with Gasteiger partial charge in [-0.05, 0) is 48.7 Å². The molecule has 0 saturated heterocycles. The summed E-state index contributed by atoms with van der Waals surface area (Å²) in [5.74, 6) is -0.217. The number of benzene rings is 3. The van der Waals surface area contributed by atoms with E-state index in [4.69, 9.17) is 0 Å². The Morgan fingerprint density at radius 3 is 2.43 bits per heavy atom. The van der Waals surface area contributed by atoms with Crippen molar-refractivity contribution in [2.45, 2.75) is 24.3 Å². The molecule has 1 heterocycles. The Labute approximate surface area is 177 Å². The summed E-state index contributed by atoms with van der Waals surface area (Å²) in [4.78, 5) is 14.8. The number of hydrogen-bond acceptors (Lipinski definition) is 3. The molecule has 154 valence electrons. The van der Waals surface area contributed by atoms with Gasteiger partial charge in [0, 0.05) is 19.2 Å². The van der Waals surface area contributed by atoms with E-state index in [1.54, 1.807) is 30.1 Å². The van der Waals surface area contributed by atoms with Crippen molar-refractivity contribution < 1.29 is 13.2 Å². The van der Waals surface area contributed by atoms with Gasteiger partial charge in [-0.15, -0.1) is 0 Å². The fraction of sp³-hybridized carbons (Fsp3) is 0.208. The van der Waals surface area contributed by atoms with Crippen LogP contribution in [0.1, 0.15) is 34.5 Å². The van der Waals surface area contributed by atoms with Crippen LogP contribution in [0.3, 0.4) is 0 Å². The van der Waals surface area contributed by atoms with Crippen molar-refractivity contribution in [3.8, 4) is 0 Å². The molecule has 0 spiro atoms. The lowest BCUT2D eigenvalue weighted by Gasteiger charge is -2.26. The largest absolute Gasteiger partial charge is 0.335 e. The zero-order chi connectivity index (χ0) is 21.3. The fourth-order valence-corrected chi connectivity index (χ4v) is 5.36. The number of amides is 1. The fourth-order valence-electron chi connectivity index (χ4n) is 3.81. The number of carbonyl (C=O) groups excluding carboxylic acids is 1. The van der Waals surface area contributed by atoms with Gasteiger partial charge in [0.15, 0.2) is 0 Å². The van der Waals surface area contributed by atoms with E-state index in [2.05, 4.69) is 0 Å². The second-order valence-corrected chi connectivity index (χ2v) is 9.35. The SMILES string of the molecule is C[C@H](c1ccccc1)N(C)C(=O)c1cccc(S(=O)(=O)N2CCc3ccccc32)c1. The molecule has 0 fully saturated rings. The van der Waals surface area contributed by atoms with Crippen LogP contribution in [0.4, 0.5) is 5.69 Å². The maximum absolute atomic E-state index is 13.3. The van der Waals surface area contributed by atoms with E-state index in [0.29, 0.717) is 24.2 Å². The second kappa shape index (κ2) is 7.95. The Balaban J connectivity index is 1.62. The smallest absolute Gasteiger partial charge is 0.264 e. The number of fused-ring (bicyclic) bond motifs is 1. The summed E-state index contributed by atoms with van der Waals surface area (Å²) in [6.45, 7) is 2.36. The lowest BCUT2D eigenvalue weighted by Crippen LogP contribution is -2.31. The standard InChI is InChI=1S/C24H24N2O3S/c1-18(19-9-4-3-5-10-19)25(2)24(27)21-12-8-13-22(17-21)30(28,29)26-16-15-20-11-6-7-14-23(20)26/h3-14,17-18H,15-16H2,1-2H3/t18-/m1/s1. The molecule has 0 radical (unpaired) electrons.